The second-order valence-corrected chi connectivity index (χ2v) is 23.6. The van der Waals surface area contributed by atoms with Gasteiger partial charge in [0.25, 0.3) is 0 Å². The summed E-state index contributed by atoms with van der Waals surface area (Å²) >= 11 is 14.2. The number of aliphatic hydroxyl groups excluding tert-OH is 1. The van der Waals surface area contributed by atoms with E-state index in [-0.39, 0.29) is 69.8 Å². The Morgan fingerprint density at radius 1 is 0.944 bits per heavy atom. The molecule has 0 spiro atoms. The average Bonchev–Trinajstić information content (AvgIpc) is 3.73. The molecule has 7 rings (SSSR count). The topological polar surface area (TPSA) is 178 Å². The number of para-hydroxylation sites is 1. The van der Waals surface area contributed by atoms with Crippen LogP contribution >= 0.6 is 23.2 Å². The summed E-state index contributed by atoms with van der Waals surface area (Å²) in [5.41, 5.74) is 3.97. The number of aliphatic hydroxyl groups is 1. The fourth-order valence-electron chi connectivity index (χ4n) is 7.50. The molecule has 3 aromatic heterocycles. The lowest BCUT2D eigenvalue weighted by atomic mass is 9.91. The van der Waals surface area contributed by atoms with Crippen molar-refractivity contribution in [3.8, 4) is 62.7 Å². The Bertz CT molecular complexity index is 3030. The number of aliphatic carboxylic acids is 1. The number of methoxy groups -OCH3 is 1. The first-order valence-electron chi connectivity index (χ1n) is 22.6. The molecule has 2 unspecified atom stereocenters. The van der Waals surface area contributed by atoms with E-state index in [2.05, 4.69) is 55.4 Å². The van der Waals surface area contributed by atoms with Crippen LogP contribution in [0, 0.1) is 19.7 Å². The van der Waals surface area contributed by atoms with Crippen molar-refractivity contribution in [2.75, 3.05) is 26.9 Å². The van der Waals surface area contributed by atoms with Crippen LogP contribution in [-0.2, 0) is 22.6 Å². The van der Waals surface area contributed by atoms with E-state index in [0.29, 0.717) is 67.7 Å². The quantitative estimate of drug-likeness (QED) is 0.0395. The fourth-order valence-corrected chi connectivity index (χ4v) is 9.04. The number of carbonyl (C=O) groups is 1. The van der Waals surface area contributed by atoms with Gasteiger partial charge >= 0.3 is 5.97 Å². The molecule has 2 atom stereocenters. The van der Waals surface area contributed by atoms with Gasteiger partial charge in [-0.05, 0) is 109 Å². The van der Waals surface area contributed by atoms with Gasteiger partial charge in [-0.3, -0.25) is 0 Å². The van der Waals surface area contributed by atoms with Crippen molar-refractivity contribution in [1.82, 2.24) is 19.9 Å². The third-order valence-electron chi connectivity index (χ3n) is 12.2. The van der Waals surface area contributed by atoms with Gasteiger partial charge in [0.2, 0.25) is 26.0 Å². The van der Waals surface area contributed by atoms with Crippen LogP contribution in [-0.4, -0.2) is 83.6 Å². The first-order valence-corrected chi connectivity index (χ1v) is 26.3. The van der Waals surface area contributed by atoms with Crippen LogP contribution in [0.15, 0.2) is 102 Å². The third-order valence-corrected chi connectivity index (χ3v) is 17.5. The number of nitrogens with zero attached hydrogens (tertiary/aromatic N) is 4. The number of halogens is 3. The molecular formula is C53H55Cl2FN4O10Si. The number of hydrogen-bond acceptors (Lipinski definition) is 13. The zero-order chi connectivity index (χ0) is 51.2. The molecule has 7 aromatic rings. The number of furan rings is 1. The zero-order valence-corrected chi connectivity index (χ0v) is 43.2. The van der Waals surface area contributed by atoms with E-state index in [1.54, 1.807) is 57.5 Å². The maximum atomic E-state index is 14.4. The number of hydrogen-bond donors (Lipinski definition) is 2. The summed E-state index contributed by atoms with van der Waals surface area (Å²) in [4.78, 5) is 31.6. The molecule has 0 fully saturated rings. The monoisotopic (exact) mass is 1020 g/mol. The molecule has 0 aliphatic rings. The van der Waals surface area contributed by atoms with Gasteiger partial charge in [0.15, 0.2) is 11.6 Å². The molecule has 2 N–H and O–H groups in total. The predicted molar refractivity (Wildman–Crippen MR) is 273 cm³/mol. The number of carboxylic acid groups (broad SMARTS) is 1. The van der Waals surface area contributed by atoms with Crippen molar-refractivity contribution in [3.05, 3.63) is 136 Å². The first-order chi connectivity index (χ1) is 33.8. The molecule has 14 nitrogen and oxygen atoms in total. The second kappa shape index (κ2) is 22.2. The molecule has 0 aliphatic heterocycles. The number of benzene rings is 4. The third kappa shape index (κ3) is 11.6. The smallest absolute Gasteiger partial charge is 0.345 e. The maximum absolute atomic E-state index is 14.4. The molecule has 0 saturated carbocycles. The molecule has 372 valence electrons. The lowest BCUT2D eigenvalue weighted by Crippen LogP contribution is -2.43. The maximum Gasteiger partial charge on any atom is 0.345 e. The molecule has 0 radical (unpaired) electrons. The highest BCUT2D eigenvalue weighted by Gasteiger charge is 2.39. The molecular weight excluding hydrogens is 971 g/mol. The fraction of sp³-hybridized carbons (Fsp3) is 0.302. The molecule has 0 aliphatic carbocycles. The Hall–Kier alpha value is -6.56. The van der Waals surface area contributed by atoms with E-state index in [0.717, 1.165) is 0 Å². The van der Waals surface area contributed by atoms with Gasteiger partial charge in [-0.15, -0.1) is 6.58 Å². The van der Waals surface area contributed by atoms with Crippen LogP contribution in [0.1, 0.15) is 43.2 Å². The van der Waals surface area contributed by atoms with Crippen molar-refractivity contribution in [1.29, 1.82) is 0 Å². The van der Waals surface area contributed by atoms with E-state index < -0.39 is 38.9 Å². The zero-order valence-electron chi connectivity index (χ0n) is 40.6. The SMILES string of the molecule is C=CCOCC(CO)Oc1c(Cl)c(C)c(-c2c(-c3ccc(F)cc3)oc3ncnc(OC(Cc4cc(O[Si](C)(C)C(C)(C)C)ccc4OCc4ccnc(-c5ccccc5OC)n4)C(=O)O)c23)c(C)c1Cl. The molecule has 0 saturated heterocycles. The summed E-state index contributed by atoms with van der Waals surface area (Å²) < 4.78 is 57.7. The number of carboxylic acids is 1. The van der Waals surface area contributed by atoms with E-state index in [1.807, 2.05) is 24.3 Å². The largest absolute Gasteiger partial charge is 0.543 e. The summed E-state index contributed by atoms with van der Waals surface area (Å²) in [6, 6.07) is 20.1. The van der Waals surface area contributed by atoms with E-state index in [4.69, 9.17) is 60.7 Å². The molecule has 3 heterocycles. The van der Waals surface area contributed by atoms with Crippen LogP contribution in [0.4, 0.5) is 4.39 Å². The molecule has 0 amide bonds. The number of rotatable bonds is 21. The van der Waals surface area contributed by atoms with Crippen LogP contribution in [0.5, 0.6) is 28.9 Å². The predicted octanol–water partition coefficient (Wildman–Crippen LogP) is 12.1. The number of ether oxygens (including phenoxy) is 5. The minimum Gasteiger partial charge on any atom is -0.543 e. The van der Waals surface area contributed by atoms with Gasteiger partial charge in [0.1, 0.15) is 53.3 Å². The average molecular weight is 1030 g/mol. The van der Waals surface area contributed by atoms with Crippen LogP contribution in [0.2, 0.25) is 28.2 Å². The Balaban J connectivity index is 1.31. The van der Waals surface area contributed by atoms with E-state index in [1.165, 1.54) is 30.6 Å². The highest BCUT2D eigenvalue weighted by atomic mass is 35.5. The van der Waals surface area contributed by atoms with Crippen LogP contribution in [0.3, 0.4) is 0 Å². The molecule has 0 bridgehead atoms. The van der Waals surface area contributed by atoms with Crippen molar-refractivity contribution >= 4 is 48.6 Å². The minimum absolute atomic E-state index is 0.00712. The number of aromatic nitrogens is 4. The minimum atomic E-state index is -2.37. The van der Waals surface area contributed by atoms with Gasteiger partial charge in [-0.1, -0.05) is 62.2 Å². The van der Waals surface area contributed by atoms with Crippen molar-refractivity contribution < 1.29 is 51.9 Å². The van der Waals surface area contributed by atoms with E-state index >= 15 is 0 Å². The van der Waals surface area contributed by atoms with Crippen molar-refractivity contribution in [3.63, 3.8) is 0 Å². The normalized spacial score (nSPS) is 12.6. The summed E-state index contributed by atoms with van der Waals surface area (Å²) in [7, 11) is -0.795. The summed E-state index contributed by atoms with van der Waals surface area (Å²) in [6.07, 6.45) is 1.79. The lowest BCUT2D eigenvalue weighted by molar-refractivity contribution is -0.145. The summed E-state index contributed by atoms with van der Waals surface area (Å²) in [6.45, 7) is 17.6. The Kier molecular flexibility index (Phi) is 16.4. The van der Waals surface area contributed by atoms with Crippen molar-refractivity contribution in [2.24, 2.45) is 0 Å². The van der Waals surface area contributed by atoms with Gasteiger partial charge < -0.3 is 42.7 Å². The Labute approximate surface area is 422 Å². The van der Waals surface area contributed by atoms with Gasteiger partial charge in [0, 0.05) is 29.3 Å². The first kappa shape index (κ1) is 52.3. The van der Waals surface area contributed by atoms with Gasteiger partial charge in [-0.25, -0.2) is 29.1 Å². The molecule has 4 aromatic carbocycles. The summed E-state index contributed by atoms with van der Waals surface area (Å²) in [5.74, 6) is 0.359. The molecule has 18 heteroatoms. The Morgan fingerprint density at radius 3 is 2.32 bits per heavy atom. The van der Waals surface area contributed by atoms with Crippen LogP contribution < -0.4 is 23.4 Å². The summed E-state index contributed by atoms with van der Waals surface area (Å²) in [5, 5.41) is 21.4. The van der Waals surface area contributed by atoms with Crippen LogP contribution in [0.25, 0.3) is 44.9 Å². The highest BCUT2D eigenvalue weighted by Crippen LogP contribution is 2.51. The lowest BCUT2D eigenvalue weighted by Gasteiger charge is -2.36. The number of fused-ring (bicyclic) bond motifs is 1. The van der Waals surface area contributed by atoms with Gasteiger partial charge in [-0.2, -0.15) is 0 Å². The molecule has 71 heavy (non-hydrogen) atoms. The standard InChI is InChI=1S/C53H55Cl2FN4O10Si/c1-10-23-65-28-37(26-61)67-48-45(54)30(2)42(31(3)46(48)55)43-44-50(58-29-59-51(44)69-47(43)32-15-17-34(56)18-16-32)68-41(52(62)63)25-33-24-36(70-71(8,9)53(4,5)6)19-20-39(33)66-27-35-21-22-57-49(60-35)38-13-11-12-14-40(38)64-7/h10-22,24,29,37,41,61H,1,23,25-28H2,2-9H3,(H,62,63). The Morgan fingerprint density at radius 2 is 1.66 bits per heavy atom. The van der Waals surface area contributed by atoms with Gasteiger partial charge in [0.05, 0.1) is 48.2 Å². The van der Waals surface area contributed by atoms with E-state index in [9.17, 15) is 19.4 Å². The van der Waals surface area contributed by atoms with Crippen molar-refractivity contribution in [2.45, 2.75) is 78.0 Å². The highest BCUT2D eigenvalue weighted by molar-refractivity contribution is 6.74. The second-order valence-electron chi connectivity index (χ2n) is 18.1.